The minimum Gasteiger partial charge on any atom is -0.357 e. The summed E-state index contributed by atoms with van der Waals surface area (Å²) in [6.45, 7) is 2.11. The minimum atomic E-state index is 0. The lowest BCUT2D eigenvalue weighted by atomic mass is 10.1. The van der Waals surface area contributed by atoms with Gasteiger partial charge in [0.05, 0.1) is 16.1 Å². The second-order valence-corrected chi connectivity index (χ2v) is 5.53. The van der Waals surface area contributed by atoms with E-state index in [1.165, 1.54) is 24.1 Å². The Bertz CT molecular complexity index is 562. The number of nitrogens with zero attached hydrogens (tertiary/aromatic N) is 2. The lowest BCUT2D eigenvalue weighted by Crippen LogP contribution is -2.30. The van der Waals surface area contributed by atoms with Gasteiger partial charge >= 0.3 is 0 Å². The third-order valence-corrected chi connectivity index (χ3v) is 4.28. The molecule has 4 heteroatoms. The van der Waals surface area contributed by atoms with Gasteiger partial charge in [0.15, 0.2) is 0 Å². The van der Waals surface area contributed by atoms with Gasteiger partial charge in [0.1, 0.15) is 11.9 Å². The van der Waals surface area contributed by atoms with Crippen molar-refractivity contribution in [3.8, 4) is 16.6 Å². The molecule has 0 atom stereocenters. The van der Waals surface area contributed by atoms with Gasteiger partial charge < -0.3 is 9.88 Å². The molecule has 1 aliphatic rings. The molecule has 0 amide bonds. The summed E-state index contributed by atoms with van der Waals surface area (Å²) in [4.78, 5) is 6.91. The SMILES string of the molecule is N#Cc1cc(-c2cccs2)[nH]c1N1CCCCC1.[HH]. The van der Waals surface area contributed by atoms with E-state index < -0.39 is 0 Å². The van der Waals surface area contributed by atoms with Gasteiger partial charge in [-0.1, -0.05) is 6.07 Å². The van der Waals surface area contributed by atoms with Crippen molar-refractivity contribution in [1.29, 1.82) is 5.26 Å². The Balaban J connectivity index is 0.00000133. The maximum atomic E-state index is 9.27. The number of anilines is 1. The maximum Gasteiger partial charge on any atom is 0.124 e. The molecule has 0 radical (unpaired) electrons. The number of aromatic nitrogens is 1. The van der Waals surface area contributed by atoms with Gasteiger partial charge in [-0.3, -0.25) is 0 Å². The molecule has 0 unspecified atom stereocenters. The number of hydrogen-bond acceptors (Lipinski definition) is 3. The quantitative estimate of drug-likeness (QED) is 0.890. The van der Waals surface area contributed by atoms with Crippen LogP contribution in [0.25, 0.3) is 10.6 Å². The molecule has 2 aromatic rings. The Morgan fingerprint density at radius 1 is 1.33 bits per heavy atom. The second-order valence-electron chi connectivity index (χ2n) is 4.58. The highest BCUT2D eigenvalue weighted by atomic mass is 32.1. The van der Waals surface area contributed by atoms with Crippen molar-refractivity contribution in [1.82, 2.24) is 4.98 Å². The molecular formula is C14H17N3S. The summed E-state index contributed by atoms with van der Waals surface area (Å²) in [5, 5.41) is 11.3. The van der Waals surface area contributed by atoms with E-state index in [2.05, 4.69) is 27.4 Å². The first-order valence-corrected chi connectivity index (χ1v) is 7.18. The van der Waals surface area contributed by atoms with Crippen molar-refractivity contribution >= 4 is 17.2 Å². The van der Waals surface area contributed by atoms with Crippen molar-refractivity contribution in [3.05, 3.63) is 29.1 Å². The summed E-state index contributed by atoms with van der Waals surface area (Å²) in [5.74, 6) is 1.00. The van der Waals surface area contributed by atoms with Crippen LogP contribution in [0, 0.1) is 11.3 Å². The first-order chi connectivity index (χ1) is 8.88. The summed E-state index contributed by atoms with van der Waals surface area (Å²) in [5.41, 5.74) is 1.82. The monoisotopic (exact) mass is 259 g/mol. The Hall–Kier alpha value is -1.73. The van der Waals surface area contributed by atoms with E-state index in [9.17, 15) is 5.26 Å². The van der Waals surface area contributed by atoms with Crippen LogP contribution in [0.15, 0.2) is 23.6 Å². The van der Waals surface area contributed by atoms with Crippen LogP contribution in [0.1, 0.15) is 26.3 Å². The molecule has 0 bridgehead atoms. The van der Waals surface area contributed by atoms with Crippen LogP contribution in [0.2, 0.25) is 0 Å². The maximum absolute atomic E-state index is 9.27. The molecule has 94 valence electrons. The van der Waals surface area contributed by atoms with Crippen LogP contribution in [0.4, 0.5) is 5.82 Å². The van der Waals surface area contributed by atoms with Gasteiger partial charge in [-0.25, -0.2) is 0 Å². The third-order valence-electron chi connectivity index (χ3n) is 3.38. The van der Waals surface area contributed by atoms with Gasteiger partial charge in [0, 0.05) is 14.5 Å². The van der Waals surface area contributed by atoms with E-state index in [1.807, 2.05) is 12.1 Å². The fourth-order valence-corrected chi connectivity index (χ4v) is 3.16. The van der Waals surface area contributed by atoms with Crippen LogP contribution in [-0.4, -0.2) is 18.1 Å². The largest absolute Gasteiger partial charge is 0.357 e. The molecule has 0 spiro atoms. The topological polar surface area (TPSA) is 42.8 Å². The zero-order valence-electron chi connectivity index (χ0n) is 10.1. The first-order valence-electron chi connectivity index (χ1n) is 6.30. The molecule has 1 N–H and O–H groups in total. The van der Waals surface area contributed by atoms with E-state index >= 15 is 0 Å². The fraction of sp³-hybridized carbons (Fsp3) is 0.357. The number of rotatable bonds is 2. The molecule has 2 aromatic heterocycles. The second kappa shape index (κ2) is 4.87. The number of H-pyrrole nitrogens is 1. The van der Waals surface area contributed by atoms with Gasteiger partial charge in [-0.05, 0) is 36.8 Å². The number of aromatic amines is 1. The van der Waals surface area contributed by atoms with Crippen LogP contribution < -0.4 is 4.90 Å². The zero-order chi connectivity index (χ0) is 12.4. The summed E-state index contributed by atoms with van der Waals surface area (Å²) < 4.78 is 0. The van der Waals surface area contributed by atoms with Crippen LogP contribution in [0.5, 0.6) is 0 Å². The highest BCUT2D eigenvalue weighted by Gasteiger charge is 2.18. The number of piperidine rings is 1. The summed E-state index contributed by atoms with van der Waals surface area (Å²) in [7, 11) is 0. The van der Waals surface area contributed by atoms with Crippen molar-refractivity contribution < 1.29 is 1.43 Å². The molecule has 3 nitrogen and oxygen atoms in total. The fourth-order valence-electron chi connectivity index (χ4n) is 2.46. The van der Waals surface area contributed by atoms with E-state index in [0.717, 1.165) is 30.2 Å². The molecule has 0 saturated carbocycles. The molecule has 0 aliphatic carbocycles. The standard InChI is InChI=1S/C14H15N3S.H2/c15-10-11-9-12(13-5-4-8-18-13)16-14(11)17-6-2-1-3-7-17;/h4-5,8-9,16H,1-3,6-7H2;1H. The van der Waals surface area contributed by atoms with Gasteiger partial charge in [0.2, 0.25) is 0 Å². The van der Waals surface area contributed by atoms with Gasteiger partial charge in [-0.2, -0.15) is 5.26 Å². The minimum absolute atomic E-state index is 0. The third kappa shape index (κ3) is 2.02. The normalized spacial score (nSPS) is 15.6. The van der Waals surface area contributed by atoms with E-state index in [0.29, 0.717) is 0 Å². The van der Waals surface area contributed by atoms with Crippen molar-refractivity contribution in [3.63, 3.8) is 0 Å². The van der Waals surface area contributed by atoms with E-state index in [1.54, 1.807) is 11.3 Å². The Labute approximate surface area is 112 Å². The summed E-state index contributed by atoms with van der Waals surface area (Å²) in [6.07, 6.45) is 3.74. The highest BCUT2D eigenvalue weighted by Crippen LogP contribution is 2.31. The lowest BCUT2D eigenvalue weighted by Gasteiger charge is -2.27. The zero-order valence-corrected chi connectivity index (χ0v) is 11.0. The average Bonchev–Trinajstić information content (AvgIpc) is 3.08. The predicted octanol–water partition coefficient (Wildman–Crippen LogP) is 3.85. The van der Waals surface area contributed by atoms with Crippen LogP contribution in [-0.2, 0) is 0 Å². The van der Waals surface area contributed by atoms with Gasteiger partial charge in [-0.15, -0.1) is 11.3 Å². The first kappa shape index (κ1) is 11.4. The Kier molecular flexibility index (Phi) is 3.07. The van der Waals surface area contributed by atoms with Crippen LogP contribution in [0.3, 0.4) is 0 Å². The number of hydrogen-bond donors (Lipinski definition) is 1. The van der Waals surface area contributed by atoms with Crippen molar-refractivity contribution in [2.45, 2.75) is 19.3 Å². The van der Waals surface area contributed by atoms with E-state index in [-0.39, 0.29) is 1.43 Å². The van der Waals surface area contributed by atoms with E-state index in [4.69, 9.17) is 0 Å². The Morgan fingerprint density at radius 2 is 2.17 bits per heavy atom. The number of thiophene rings is 1. The Morgan fingerprint density at radius 3 is 2.83 bits per heavy atom. The molecule has 3 heterocycles. The predicted molar refractivity (Wildman–Crippen MR) is 77.0 cm³/mol. The molecular weight excluding hydrogens is 242 g/mol. The number of nitrogens with one attached hydrogen (secondary N) is 1. The smallest absolute Gasteiger partial charge is 0.124 e. The van der Waals surface area contributed by atoms with Crippen LogP contribution >= 0.6 is 11.3 Å². The molecule has 0 aromatic carbocycles. The summed E-state index contributed by atoms with van der Waals surface area (Å²) >= 11 is 1.70. The molecule has 3 rings (SSSR count). The van der Waals surface area contributed by atoms with Crippen molar-refractivity contribution in [2.24, 2.45) is 0 Å². The highest BCUT2D eigenvalue weighted by molar-refractivity contribution is 7.13. The van der Waals surface area contributed by atoms with Gasteiger partial charge in [0.25, 0.3) is 0 Å². The molecule has 1 aliphatic heterocycles. The number of nitriles is 1. The summed E-state index contributed by atoms with van der Waals surface area (Å²) in [6, 6.07) is 8.39. The van der Waals surface area contributed by atoms with Crippen molar-refractivity contribution in [2.75, 3.05) is 18.0 Å². The lowest BCUT2D eigenvalue weighted by molar-refractivity contribution is 0.574. The average molecular weight is 259 g/mol. The molecule has 1 fully saturated rings. The molecule has 18 heavy (non-hydrogen) atoms. The molecule has 1 saturated heterocycles.